The monoisotopic (exact) mass is 320 g/mol. The molecule has 0 saturated heterocycles. The van der Waals surface area contributed by atoms with Gasteiger partial charge in [0.15, 0.2) is 0 Å². The Bertz CT molecular complexity index is 564. The van der Waals surface area contributed by atoms with Crippen LogP contribution in [0.2, 0.25) is 0 Å². The van der Waals surface area contributed by atoms with Gasteiger partial charge in [0.1, 0.15) is 11.8 Å². The summed E-state index contributed by atoms with van der Waals surface area (Å²) in [5.74, 6) is 0.942. The second kappa shape index (κ2) is 4.92. The standard InChI is InChI=1S/C21H30F2/c1-4-14-8-9-15-17-13-18(22)16-7-5-6-10-20(16,3)21(17,23)12-11-19(14,15)2/h6-7,10,14-15,17-18H,4-5,8-9,11-13H2,1-3H3/t14-,15-,17-,18-,19+,20-,21?/m0/s1. The lowest BCUT2D eigenvalue weighted by atomic mass is 9.46. The van der Waals surface area contributed by atoms with E-state index in [2.05, 4.69) is 13.8 Å². The van der Waals surface area contributed by atoms with Gasteiger partial charge in [-0.2, -0.15) is 0 Å². The minimum atomic E-state index is -1.26. The van der Waals surface area contributed by atoms with E-state index in [4.69, 9.17) is 0 Å². The fraction of sp³-hybridized carbons (Fsp3) is 0.810. The van der Waals surface area contributed by atoms with Gasteiger partial charge in [0.2, 0.25) is 0 Å². The van der Waals surface area contributed by atoms with E-state index in [-0.39, 0.29) is 11.3 Å². The maximum atomic E-state index is 16.5. The van der Waals surface area contributed by atoms with Crippen molar-refractivity contribution < 1.29 is 8.78 Å². The first-order valence-electron chi connectivity index (χ1n) is 9.58. The van der Waals surface area contributed by atoms with Crippen molar-refractivity contribution in [3.8, 4) is 0 Å². The van der Waals surface area contributed by atoms with Gasteiger partial charge in [0, 0.05) is 11.3 Å². The van der Waals surface area contributed by atoms with Gasteiger partial charge in [-0.05, 0) is 68.3 Å². The maximum Gasteiger partial charge on any atom is 0.126 e. The first kappa shape index (κ1) is 15.8. The van der Waals surface area contributed by atoms with E-state index in [0.29, 0.717) is 24.7 Å². The summed E-state index contributed by atoms with van der Waals surface area (Å²) < 4.78 is 31.5. The molecule has 128 valence electrons. The van der Waals surface area contributed by atoms with E-state index in [1.54, 1.807) is 0 Å². The highest BCUT2D eigenvalue weighted by Crippen LogP contribution is 2.69. The number of hydrogen-bond donors (Lipinski definition) is 0. The van der Waals surface area contributed by atoms with Crippen LogP contribution in [0, 0.1) is 28.6 Å². The van der Waals surface area contributed by atoms with E-state index in [1.807, 2.05) is 25.2 Å². The Kier molecular flexibility index (Phi) is 3.39. The first-order chi connectivity index (χ1) is 10.9. The van der Waals surface area contributed by atoms with Crippen LogP contribution in [0.4, 0.5) is 8.78 Å². The van der Waals surface area contributed by atoms with Crippen molar-refractivity contribution in [1.29, 1.82) is 0 Å². The van der Waals surface area contributed by atoms with Crippen molar-refractivity contribution in [1.82, 2.24) is 0 Å². The Morgan fingerprint density at radius 1 is 1.17 bits per heavy atom. The summed E-state index contributed by atoms with van der Waals surface area (Å²) in [4.78, 5) is 0. The molecule has 0 aromatic rings. The summed E-state index contributed by atoms with van der Waals surface area (Å²) in [5.41, 5.74) is -1.03. The summed E-state index contributed by atoms with van der Waals surface area (Å²) in [6, 6.07) is 0. The molecule has 7 atom stereocenters. The molecule has 0 amide bonds. The molecule has 0 N–H and O–H groups in total. The molecular weight excluding hydrogens is 290 g/mol. The molecular formula is C21H30F2. The zero-order chi connectivity index (χ0) is 16.5. The molecule has 2 heteroatoms. The molecule has 0 aromatic heterocycles. The topological polar surface area (TPSA) is 0 Å². The Hall–Kier alpha value is -0.660. The van der Waals surface area contributed by atoms with Crippen LogP contribution >= 0.6 is 0 Å². The minimum absolute atomic E-state index is 0.113. The molecule has 3 fully saturated rings. The zero-order valence-corrected chi connectivity index (χ0v) is 14.7. The van der Waals surface area contributed by atoms with Crippen LogP contribution < -0.4 is 0 Å². The van der Waals surface area contributed by atoms with Gasteiger partial charge in [-0.15, -0.1) is 0 Å². The molecule has 1 unspecified atom stereocenters. The van der Waals surface area contributed by atoms with Crippen LogP contribution in [0.15, 0.2) is 23.8 Å². The molecule has 0 spiro atoms. The number of alkyl halides is 2. The van der Waals surface area contributed by atoms with Crippen molar-refractivity contribution in [2.24, 2.45) is 28.6 Å². The third kappa shape index (κ3) is 1.81. The average Bonchev–Trinajstić information content (AvgIpc) is 2.86. The Morgan fingerprint density at radius 2 is 1.96 bits per heavy atom. The van der Waals surface area contributed by atoms with Crippen molar-refractivity contribution in [2.45, 2.75) is 77.6 Å². The molecule has 0 aliphatic heterocycles. The molecule has 0 radical (unpaired) electrons. The first-order valence-corrected chi connectivity index (χ1v) is 9.58. The van der Waals surface area contributed by atoms with Crippen LogP contribution in [0.3, 0.4) is 0 Å². The predicted molar refractivity (Wildman–Crippen MR) is 90.6 cm³/mol. The Morgan fingerprint density at radius 3 is 2.70 bits per heavy atom. The van der Waals surface area contributed by atoms with Crippen LogP contribution in [-0.4, -0.2) is 11.8 Å². The van der Waals surface area contributed by atoms with Gasteiger partial charge in [0.05, 0.1) is 0 Å². The molecule has 4 rings (SSSR count). The maximum absolute atomic E-state index is 16.5. The van der Waals surface area contributed by atoms with Gasteiger partial charge in [-0.1, -0.05) is 38.5 Å². The van der Waals surface area contributed by atoms with E-state index in [9.17, 15) is 4.39 Å². The summed E-state index contributed by atoms with van der Waals surface area (Å²) in [6.07, 6.45) is 11.2. The molecule has 0 nitrogen and oxygen atoms in total. The van der Waals surface area contributed by atoms with Crippen molar-refractivity contribution in [3.05, 3.63) is 23.8 Å². The molecule has 4 aliphatic rings. The molecule has 0 heterocycles. The van der Waals surface area contributed by atoms with Gasteiger partial charge >= 0.3 is 0 Å². The quantitative estimate of drug-likeness (QED) is 0.506. The largest absolute Gasteiger partial charge is 0.243 e. The zero-order valence-electron chi connectivity index (χ0n) is 14.7. The van der Waals surface area contributed by atoms with Gasteiger partial charge in [-0.3, -0.25) is 0 Å². The van der Waals surface area contributed by atoms with Crippen molar-refractivity contribution in [2.75, 3.05) is 0 Å². The average molecular weight is 320 g/mol. The third-order valence-corrected chi connectivity index (χ3v) is 8.39. The van der Waals surface area contributed by atoms with E-state index in [0.717, 1.165) is 24.8 Å². The molecule has 3 saturated carbocycles. The predicted octanol–water partition coefficient (Wildman–Crippen LogP) is 6.18. The second-order valence-corrected chi connectivity index (χ2v) is 8.97. The van der Waals surface area contributed by atoms with Crippen molar-refractivity contribution in [3.63, 3.8) is 0 Å². The number of rotatable bonds is 1. The van der Waals surface area contributed by atoms with Crippen molar-refractivity contribution >= 4 is 0 Å². The smallest absolute Gasteiger partial charge is 0.126 e. The fourth-order valence-electron chi connectivity index (χ4n) is 7.00. The van der Waals surface area contributed by atoms with E-state index < -0.39 is 17.3 Å². The molecule has 0 bridgehead atoms. The number of hydrogen-bond acceptors (Lipinski definition) is 0. The minimum Gasteiger partial charge on any atom is -0.243 e. The van der Waals surface area contributed by atoms with Gasteiger partial charge in [-0.25, -0.2) is 8.78 Å². The highest BCUT2D eigenvalue weighted by molar-refractivity contribution is 5.38. The lowest BCUT2D eigenvalue weighted by Crippen LogP contribution is -2.61. The second-order valence-electron chi connectivity index (χ2n) is 8.97. The lowest BCUT2D eigenvalue weighted by molar-refractivity contribution is -0.137. The third-order valence-electron chi connectivity index (χ3n) is 8.39. The Labute approximate surface area is 139 Å². The van der Waals surface area contributed by atoms with Crippen LogP contribution in [0.25, 0.3) is 0 Å². The normalized spacial score (nSPS) is 54.9. The van der Waals surface area contributed by atoms with Gasteiger partial charge < -0.3 is 0 Å². The summed E-state index contributed by atoms with van der Waals surface area (Å²) in [6.45, 7) is 6.60. The fourth-order valence-corrected chi connectivity index (χ4v) is 7.00. The molecule has 4 aliphatic carbocycles. The molecule has 0 aromatic carbocycles. The number of allylic oxidation sites excluding steroid dienone is 4. The van der Waals surface area contributed by atoms with Crippen LogP contribution in [0.1, 0.15) is 65.7 Å². The number of fused-ring (bicyclic) bond motifs is 5. The van der Waals surface area contributed by atoms with Gasteiger partial charge in [0.25, 0.3) is 0 Å². The van der Waals surface area contributed by atoms with Crippen LogP contribution in [-0.2, 0) is 0 Å². The highest BCUT2D eigenvalue weighted by atomic mass is 19.1. The number of halogens is 2. The summed E-state index contributed by atoms with van der Waals surface area (Å²) >= 11 is 0. The summed E-state index contributed by atoms with van der Waals surface area (Å²) in [7, 11) is 0. The Balaban J connectivity index is 1.78. The SMILES string of the molecule is CC[C@H]1CC[C@H]2[C@@H]3C[C@H](F)C4=CCC=C[C@]4(C)C3(F)CC[C@]12C. The molecule has 23 heavy (non-hydrogen) atoms. The summed E-state index contributed by atoms with van der Waals surface area (Å²) in [5, 5.41) is 0. The lowest BCUT2D eigenvalue weighted by Gasteiger charge is -2.61. The van der Waals surface area contributed by atoms with E-state index in [1.165, 1.54) is 12.8 Å². The van der Waals surface area contributed by atoms with Crippen LogP contribution in [0.5, 0.6) is 0 Å². The van der Waals surface area contributed by atoms with E-state index >= 15 is 4.39 Å². The highest BCUT2D eigenvalue weighted by Gasteiger charge is 2.67.